The van der Waals surface area contributed by atoms with Crippen molar-refractivity contribution in [3.05, 3.63) is 0 Å². The average Bonchev–Trinajstić information content (AvgIpc) is 4.10. The van der Waals surface area contributed by atoms with E-state index in [0.717, 1.165) is 103 Å². The largest absolute Gasteiger partial charge is 0.462 e. The predicted octanol–water partition coefficient (Wildman–Crippen LogP) is 12.6. The number of aliphatic hydroxyl groups excluding tert-OH is 3. The molecule has 0 amide bonds. The van der Waals surface area contributed by atoms with E-state index in [4.69, 9.17) is 24.1 Å². The number of esters is 2. The van der Waals surface area contributed by atoms with Gasteiger partial charge in [0.25, 0.3) is 0 Å². The zero-order valence-corrected chi connectivity index (χ0v) is 52.2. The minimum atomic E-state index is -0.841. The van der Waals surface area contributed by atoms with Gasteiger partial charge in [-0.3, -0.25) is 9.59 Å². The molecule has 10 aliphatic rings. The van der Waals surface area contributed by atoms with Gasteiger partial charge in [-0.05, 0) is 244 Å². The summed E-state index contributed by atoms with van der Waals surface area (Å²) in [7, 11) is 0. The SMILES string of the molecule is CC(=O)O[C@H]1CC[C@]2(C)[C@H]3C[C@@H](O)[C@@H]4[C@@H]([C@]5(C)CC[C@H](C(C)(C)O)O5)CC[C@@]4(C)[C@]3(C)CC[C@H]2C1(C)C.CC(=O)O[C@H]1CC[C@]2(C)[C@H]3C[C@@H](O)[C@@H]4[C@@H]([C@]5(C)CC[C@H](C(C)(C)O)O5)CC[C@@]4(C)[C@]3(C)CC[C@H]2C1(C)C.CCO. The molecule has 444 valence electrons. The van der Waals surface area contributed by atoms with Crippen LogP contribution in [0.1, 0.15) is 247 Å². The topological polar surface area (TPSA) is 172 Å². The van der Waals surface area contributed by atoms with E-state index in [1.807, 2.05) is 27.7 Å². The fourth-order valence-electron chi connectivity index (χ4n) is 22.9. The first-order valence-electron chi connectivity index (χ1n) is 31.3. The highest BCUT2D eigenvalue weighted by molar-refractivity contribution is 5.66. The van der Waals surface area contributed by atoms with Crippen LogP contribution in [0.4, 0.5) is 0 Å². The van der Waals surface area contributed by atoms with Crippen molar-refractivity contribution in [1.29, 1.82) is 0 Å². The molecule has 5 N–H and O–H groups in total. The average molecular weight is 1080 g/mol. The van der Waals surface area contributed by atoms with Crippen LogP contribution in [0.2, 0.25) is 0 Å². The molecule has 0 bridgehead atoms. The van der Waals surface area contributed by atoms with Crippen molar-refractivity contribution in [2.45, 2.75) is 306 Å². The number of hydrogen-bond acceptors (Lipinski definition) is 11. The van der Waals surface area contributed by atoms with E-state index in [-0.39, 0.29) is 122 Å². The van der Waals surface area contributed by atoms with E-state index in [1.54, 1.807) is 6.92 Å². The van der Waals surface area contributed by atoms with Crippen molar-refractivity contribution in [3.8, 4) is 0 Å². The molecule has 10 fully saturated rings. The normalized spacial score (nSPS) is 51.4. The Morgan fingerprint density at radius 2 is 0.792 bits per heavy atom. The molecule has 0 radical (unpaired) electrons. The molecule has 2 aliphatic heterocycles. The minimum absolute atomic E-state index is 0.0247. The molecule has 2 saturated heterocycles. The second-order valence-corrected chi connectivity index (χ2v) is 32.4. The van der Waals surface area contributed by atoms with Crippen LogP contribution >= 0.6 is 0 Å². The quantitative estimate of drug-likeness (QED) is 0.160. The van der Waals surface area contributed by atoms with E-state index in [9.17, 15) is 30.0 Å². The van der Waals surface area contributed by atoms with Gasteiger partial charge in [0.05, 0.1) is 46.8 Å². The highest BCUT2D eigenvalue weighted by atomic mass is 16.6. The third-order valence-corrected chi connectivity index (χ3v) is 27.0. The standard InChI is InChI=1S/2C32H54O5.C2H6O/c2*1-19(33)36-24-12-14-29(6)22(27(24,2)3)11-16-30(7)23(29)18-21(34)26-20(10-15-31(26,30)8)32(9)17-13-25(37-32)28(4,5)35;1-2-3/h2*20-26,34-35H,10-18H2,1-9H3;3H,2H2,1H3/t2*20-,21+,22-,23+,24-,25+,26-,29-,30+,31+,32-;/m00./s1. The summed E-state index contributed by atoms with van der Waals surface area (Å²) in [4.78, 5) is 23.8. The first kappa shape index (κ1) is 61.7. The van der Waals surface area contributed by atoms with Crippen LogP contribution in [0.3, 0.4) is 0 Å². The van der Waals surface area contributed by atoms with Crippen LogP contribution in [-0.4, -0.2) is 103 Å². The molecule has 77 heavy (non-hydrogen) atoms. The lowest BCUT2D eigenvalue weighted by atomic mass is 9.35. The van der Waals surface area contributed by atoms with Gasteiger partial charge in [0.2, 0.25) is 0 Å². The van der Waals surface area contributed by atoms with E-state index in [0.29, 0.717) is 35.5 Å². The smallest absolute Gasteiger partial charge is 0.302 e. The van der Waals surface area contributed by atoms with Crippen LogP contribution in [0.15, 0.2) is 0 Å². The fourth-order valence-corrected chi connectivity index (χ4v) is 22.9. The van der Waals surface area contributed by atoms with E-state index in [2.05, 4.69) is 83.1 Å². The third-order valence-electron chi connectivity index (χ3n) is 27.0. The number of carbonyl (C=O) groups excluding carboxylic acids is 2. The summed E-state index contributed by atoms with van der Waals surface area (Å²) in [6.45, 7) is 41.4. The highest BCUT2D eigenvalue weighted by Gasteiger charge is 2.74. The molecule has 0 unspecified atom stereocenters. The number of aliphatic hydroxyl groups is 5. The number of carbonyl (C=O) groups is 2. The van der Waals surface area contributed by atoms with Crippen molar-refractivity contribution < 1.29 is 54.1 Å². The van der Waals surface area contributed by atoms with Gasteiger partial charge in [-0.25, -0.2) is 0 Å². The molecule has 8 aliphatic carbocycles. The van der Waals surface area contributed by atoms with Gasteiger partial charge in [0.15, 0.2) is 0 Å². The van der Waals surface area contributed by atoms with Crippen LogP contribution < -0.4 is 0 Å². The number of rotatable bonds is 6. The lowest BCUT2D eigenvalue weighted by molar-refractivity contribution is -0.251. The Kier molecular flexibility index (Phi) is 16.2. The van der Waals surface area contributed by atoms with Crippen molar-refractivity contribution in [3.63, 3.8) is 0 Å². The van der Waals surface area contributed by atoms with Gasteiger partial charge in [0.1, 0.15) is 12.2 Å². The molecular formula is C66H114O11. The van der Waals surface area contributed by atoms with Crippen LogP contribution in [0.25, 0.3) is 0 Å². The summed E-state index contributed by atoms with van der Waals surface area (Å²) in [6, 6.07) is 0. The van der Waals surface area contributed by atoms with E-state index < -0.39 is 11.2 Å². The Morgan fingerprint density at radius 3 is 1.08 bits per heavy atom. The van der Waals surface area contributed by atoms with E-state index >= 15 is 0 Å². The first-order valence-corrected chi connectivity index (χ1v) is 31.3. The predicted molar refractivity (Wildman–Crippen MR) is 302 cm³/mol. The summed E-state index contributed by atoms with van der Waals surface area (Å²) < 4.78 is 25.1. The maximum Gasteiger partial charge on any atom is 0.302 e. The summed E-state index contributed by atoms with van der Waals surface area (Å²) in [5.74, 6) is 2.61. The lowest BCUT2D eigenvalue weighted by Gasteiger charge is -2.70. The second kappa shape index (κ2) is 20.2. The summed E-state index contributed by atoms with van der Waals surface area (Å²) in [6.07, 6.45) is 17.5. The number of fused-ring (bicyclic) bond motifs is 10. The number of ether oxygens (including phenoxy) is 4. The van der Waals surface area contributed by atoms with E-state index in [1.165, 1.54) is 26.7 Å². The van der Waals surface area contributed by atoms with Gasteiger partial charge in [-0.15, -0.1) is 0 Å². The fraction of sp³-hybridized carbons (Fsp3) is 0.970. The lowest BCUT2D eigenvalue weighted by Crippen LogP contribution is -2.66. The molecule has 0 aromatic heterocycles. The molecule has 22 atom stereocenters. The molecule has 0 aromatic rings. The maximum atomic E-state index is 12.0. The number of hydrogen-bond donors (Lipinski definition) is 5. The van der Waals surface area contributed by atoms with Crippen molar-refractivity contribution in [1.82, 2.24) is 0 Å². The van der Waals surface area contributed by atoms with Gasteiger partial charge >= 0.3 is 11.9 Å². The maximum absolute atomic E-state index is 12.0. The Hall–Kier alpha value is -1.34. The molecule has 8 saturated carbocycles. The highest BCUT2D eigenvalue weighted by Crippen LogP contribution is 2.78. The van der Waals surface area contributed by atoms with Crippen LogP contribution in [-0.2, 0) is 28.5 Å². The third kappa shape index (κ3) is 9.60. The first-order chi connectivity index (χ1) is 35.2. The molecular weight excluding hydrogens is 969 g/mol. The van der Waals surface area contributed by atoms with Crippen LogP contribution in [0.5, 0.6) is 0 Å². The molecule has 0 aromatic carbocycles. The van der Waals surface area contributed by atoms with Crippen molar-refractivity contribution >= 4 is 11.9 Å². The summed E-state index contributed by atoms with van der Waals surface area (Å²) >= 11 is 0. The molecule has 0 spiro atoms. The molecule has 10 rings (SSSR count). The zero-order chi connectivity index (χ0) is 57.5. The zero-order valence-electron chi connectivity index (χ0n) is 52.2. The Balaban J connectivity index is 0.000000194. The summed E-state index contributed by atoms with van der Waals surface area (Å²) in [5.41, 5.74) is -1.72. The molecule has 2 heterocycles. The minimum Gasteiger partial charge on any atom is -0.462 e. The van der Waals surface area contributed by atoms with Gasteiger partial charge < -0.3 is 44.5 Å². The van der Waals surface area contributed by atoms with Crippen LogP contribution in [0, 0.1) is 90.7 Å². The van der Waals surface area contributed by atoms with Crippen molar-refractivity contribution in [2.75, 3.05) is 6.61 Å². The monoisotopic (exact) mass is 1080 g/mol. The Bertz CT molecular complexity index is 2010. The van der Waals surface area contributed by atoms with Gasteiger partial charge in [-0.2, -0.15) is 0 Å². The van der Waals surface area contributed by atoms with Gasteiger partial charge in [-0.1, -0.05) is 69.2 Å². The Morgan fingerprint density at radius 1 is 0.481 bits per heavy atom. The van der Waals surface area contributed by atoms with Gasteiger partial charge in [0, 0.05) is 31.3 Å². The molecule has 11 heteroatoms. The van der Waals surface area contributed by atoms with Crippen molar-refractivity contribution in [2.24, 2.45) is 90.7 Å². The summed E-state index contributed by atoms with van der Waals surface area (Å²) in [5, 5.41) is 52.9. The Labute approximate surface area is 467 Å². The second-order valence-electron chi connectivity index (χ2n) is 32.4. The molecule has 11 nitrogen and oxygen atoms in total.